The Morgan fingerprint density at radius 3 is 2.86 bits per heavy atom. The number of amides is 1. The number of hydrogen-bond acceptors (Lipinski definition) is 3. The van der Waals surface area contributed by atoms with Crippen LogP contribution >= 0.6 is 0 Å². The predicted octanol–water partition coefficient (Wildman–Crippen LogP) is 3.75. The van der Waals surface area contributed by atoms with Gasteiger partial charge in [-0.05, 0) is 43.4 Å². The number of likely N-dealkylation sites (tertiary alicyclic amines) is 1. The minimum absolute atomic E-state index is 0.0879. The van der Waals surface area contributed by atoms with Crippen molar-refractivity contribution in [1.82, 2.24) is 4.90 Å². The van der Waals surface area contributed by atoms with E-state index in [2.05, 4.69) is 13.8 Å². The molecule has 1 aromatic carbocycles. The number of unbranched alkanes of at least 4 members (excludes halogenated alkanes) is 1. The fourth-order valence-corrected chi connectivity index (χ4v) is 2.80. The minimum atomic E-state index is 0.0879. The fraction of sp³-hybridized carbons (Fsp3) is 0.611. The third-order valence-electron chi connectivity index (χ3n) is 4.11. The van der Waals surface area contributed by atoms with Gasteiger partial charge >= 0.3 is 0 Å². The van der Waals surface area contributed by atoms with Gasteiger partial charge < -0.3 is 14.4 Å². The molecule has 0 aliphatic carbocycles. The molecule has 0 spiro atoms. The van der Waals surface area contributed by atoms with Crippen molar-refractivity contribution < 1.29 is 14.3 Å². The van der Waals surface area contributed by atoms with Crippen LogP contribution < -0.4 is 9.47 Å². The van der Waals surface area contributed by atoms with Crippen LogP contribution in [0.4, 0.5) is 0 Å². The second-order valence-corrected chi connectivity index (χ2v) is 6.07. The molecule has 1 fully saturated rings. The van der Waals surface area contributed by atoms with E-state index in [4.69, 9.17) is 9.47 Å². The lowest BCUT2D eigenvalue weighted by Crippen LogP contribution is -2.39. The van der Waals surface area contributed by atoms with Gasteiger partial charge in [0, 0.05) is 18.7 Å². The topological polar surface area (TPSA) is 38.8 Å². The highest BCUT2D eigenvalue weighted by Gasteiger charge is 2.22. The molecule has 1 atom stereocenters. The molecule has 0 aromatic heterocycles. The van der Waals surface area contributed by atoms with E-state index in [0.717, 1.165) is 32.4 Å². The zero-order valence-corrected chi connectivity index (χ0v) is 13.9. The maximum atomic E-state index is 12.6. The molecule has 0 radical (unpaired) electrons. The molecule has 2 rings (SSSR count). The molecule has 22 heavy (non-hydrogen) atoms. The molecule has 0 bridgehead atoms. The lowest BCUT2D eigenvalue weighted by molar-refractivity contribution is 0.0682. The number of benzene rings is 1. The van der Waals surface area contributed by atoms with Crippen LogP contribution in [0.3, 0.4) is 0 Å². The highest BCUT2D eigenvalue weighted by atomic mass is 16.5. The SMILES string of the molecule is CCCCOc1ccc(C(=O)N2CCCC(C)C2)cc1OC. The molecule has 0 N–H and O–H groups in total. The van der Waals surface area contributed by atoms with Crippen LogP contribution in [0.1, 0.15) is 49.9 Å². The summed E-state index contributed by atoms with van der Waals surface area (Å²) in [5.74, 6) is 2.01. The van der Waals surface area contributed by atoms with Crippen LogP contribution in [0.5, 0.6) is 11.5 Å². The van der Waals surface area contributed by atoms with Crippen LogP contribution in [0.2, 0.25) is 0 Å². The standard InChI is InChI=1S/C18H27NO3/c1-4-5-11-22-16-9-8-15(12-17(16)21-3)18(20)19-10-6-7-14(2)13-19/h8-9,12,14H,4-7,10-11,13H2,1-3H3. The van der Waals surface area contributed by atoms with E-state index in [1.54, 1.807) is 13.2 Å². The number of ether oxygens (including phenoxy) is 2. The molecule has 1 amide bonds. The van der Waals surface area contributed by atoms with Gasteiger partial charge in [0.05, 0.1) is 13.7 Å². The van der Waals surface area contributed by atoms with Crippen LogP contribution in [0, 0.1) is 5.92 Å². The lowest BCUT2D eigenvalue weighted by Gasteiger charge is -2.31. The van der Waals surface area contributed by atoms with Gasteiger partial charge in [0.2, 0.25) is 0 Å². The van der Waals surface area contributed by atoms with E-state index in [-0.39, 0.29) is 5.91 Å². The zero-order chi connectivity index (χ0) is 15.9. The van der Waals surface area contributed by atoms with Gasteiger partial charge in [-0.1, -0.05) is 20.3 Å². The van der Waals surface area contributed by atoms with E-state index in [1.807, 2.05) is 17.0 Å². The third-order valence-corrected chi connectivity index (χ3v) is 4.11. The summed E-state index contributed by atoms with van der Waals surface area (Å²) in [4.78, 5) is 14.6. The molecule has 4 nitrogen and oxygen atoms in total. The van der Waals surface area contributed by atoms with E-state index < -0.39 is 0 Å². The number of piperidine rings is 1. The van der Waals surface area contributed by atoms with Gasteiger partial charge in [-0.2, -0.15) is 0 Å². The molecule has 122 valence electrons. The van der Waals surface area contributed by atoms with Crippen LogP contribution in [-0.2, 0) is 0 Å². The minimum Gasteiger partial charge on any atom is -0.493 e. The molecule has 1 heterocycles. The largest absolute Gasteiger partial charge is 0.493 e. The summed E-state index contributed by atoms with van der Waals surface area (Å²) < 4.78 is 11.1. The Balaban J connectivity index is 2.09. The van der Waals surface area contributed by atoms with E-state index in [0.29, 0.717) is 29.6 Å². The average molecular weight is 305 g/mol. The van der Waals surface area contributed by atoms with Gasteiger partial charge in [0.1, 0.15) is 0 Å². The van der Waals surface area contributed by atoms with Crippen LogP contribution in [0.15, 0.2) is 18.2 Å². The molecule has 1 saturated heterocycles. The molecular formula is C18H27NO3. The highest BCUT2D eigenvalue weighted by Crippen LogP contribution is 2.29. The van der Waals surface area contributed by atoms with Crippen molar-refractivity contribution in [2.24, 2.45) is 5.92 Å². The van der Waals surface area contributed by atoms with Crippen LogP contribution in [-0.4, -0.2) is 37.6 Å². The molecule has 1 aliphatic heterocycles. The van der Waals surface area contributed by atoms with Crippen molar-refractivity contribution in [3.8, 4) is 11.5 Å². The molecular weight excluding hydrogens is 278 g/mol. The Bertz CT molecular complexity index is 501. The van der Waals surface area contributed by atoms with Gasteiger partial charge in [0.15, 0.2) is 11.5 Å². The first-order valence-corrected chi connectivity index (χ1v) is 8.25. The summed E-state index contributed by atoms with van der Waals surface area (Å²) in [5, 5.41) is 0. The molecule has 1 aromatic rings. The third kappa shape index (κ3) is 4.15. The summed E-state index contributed by atoms with van der Waals surface area (Å²) in [6, 6.07) is 5.48. The lowest BCUT2D eigenvalue weighted by atomic mass is 9.99. The van der Waals surface area contributed by atoms with Crippen LogP contribution in [0.25, 0.3) is 0 Å². The average Bonchev–Trinajstić information content (AvgIpc) is 2.54. The predicted molar refractivity (Wildman–Crippen MR) is 87.7 cm³/mol. The summed E-state index contributed by atoms with van der Waals surface area (Å²) >= 11 is 0. The van der Waals surface area contributed by atoms with E-state index >= 15 is 0 Å². The van der Waals surface area contributed by atoms with Crippen molar-refractivity contribution in [3.63, 3.8) is 0 Å². The number of methoxy groups -OCH3 is 1. The Morgan fingerprint density at radius 2 is 2.18 bits per heavy atom. The van der Waals surface area contributed by atoms with Gasteiger partial charge in [0.25, 0.3) is 5.91 Å². The highest BCUT2D eigenvalue weighted by molar-refractivity contribution is 5.95. The first-order chi connectivity index (χ1) is 10.7. The van der Waals surface area contributed by atoms with Crippen molar-refractivity contribution >= 4 is 5.91 Å². The number of hydrogen-bond donors (Lipinski definition) is 0. The number of carbonyl (C=O) groups is 1. The van der Waals surface area contributed by atoms with Crippen molar-refractivity contribution in [2.75, 3.05) is 26.8 Å². The second-order valence-electron chi connectivity index (χ2n) is 6.07. The number of nitrogens with zero attached hydrogens (tertiary/aromatic N) is 1. The Kier molecular flexibility index (Phi) is 6.10. The summed E-state index contributed by atoms with van der Waals surface area (Å²) in [6.07, 6.45) is 4.39. The maximum Gasteiger partial charge on any atom is 0.254 e. The normalized spacial score (nSPS) is 18.1. The molecule has 1 aliphatic rings. The summed E-state index contributed by atoms with van der Waals surface area (Å²) in [5.41, 5.74) is 0.675. The zero-order valence-electron chi connectivity index (χ0n) is 13.9. The van der Waals surface area contributed by atoms with Crippen molar-refractivity contribution in [3.05, 3.63) is 23.8 Å². The van der Waals surface area contributed by atoms with E-state index in [9.17, 15) is 4.79 Å². The molecule has 1 unspecified atom stereocenters. The van der Waals surface area contributed by atoms with E-state index in [1.165, 1.54) is 6.42 Å². The smallest absolute Gasteiger partial charge is 0.254 e. The quantitative estimate of drug-likeness (QED) is 0.751. The Morgan fingerprint density at radius 1 is 1.36 bits per heavy atom. The Labute approximate surface area is 133 Å². The number of carbonyl (C=O) groups excluding carboxylic acids is 1. The van der Waals surface area contributed by atoms with Crippen molar-refractivity contribution in [2.45, 2.75) is 39.5 Å². The maximum absolute atomic E-state index is 12.6. The summed E-state index contributed by atoms with van der Waals surface area (Å²) in [6.45, 7) is 6.69. The first-order valence-electron chi connectivity index (χ1n) is 8.25. The van der Waals surface area contributed by atoms with Gasteiger partial charge in [-0.25, -0.2) is 0 Å². The van der Waals surface area contributed by atoms with Crippen molar-refractivity contribution in [1.29, 1.82) is 0 Å². The first kappa shape index (κ1) is 16.7. The summed E-state index contributed by atoms with van der Waals surface area (Å²) in [7, 11) is 1.61. The fourth-order valence-electron chi connectivity index (χ4n) is 2.80. The Hall–Kier alpha value is -1.71. The number of rotatable bonds is 6. The molecule has 0 saturated carbocycles. The second kappa shape index (κ2) is 8.06. The molecule has 4 heteroatoms. The van der Waals surface area contributed by atoms with Gasteiger partial charge in [-0.3, -0.25) is 4.79 Å². The van der Waals surface area contributed by atoms with Gasteiger partial charge in [-0.15, -0.1) is 0 Å². The monoisotopic (exact) mass is 305 g/mol.